The Labute approximate surface area is 370 Å². The van der Waals surface area contributed by atoms with Gasteiger partial charge in [-0.1, -0.05) is 42.5 Å². The molecule has 20 heteroatoms. The summed E-state index contributed by atoms with van der Waals surface area (Å²) in [5, 5.41) is 11.5. The molecule has 65 heavy (non-hydrogen) atoms. The Kier molecular flexibility index (Phi) is 14.6. The van der Waals surface area contributed by atoms with Gasteiger partial charge in [0.2, 0.25) is 24.5 Å². The largest absolute Gasteiger partial charge is 0.414 e. The third-order valence-corrected chi connectivity index (χ3v) is 10.7. The molecule has 1 atom stereocenters. The van der Waals surface area contributed by atoms with Crippen LogP contribution in [0.4, 0.5) is 17.5 Å². The van der Waals surface area contributed by atoms with Crippen molar-refractivity contribution in [1.29, 1.82) is 0 Å². The second kappa shape index (κ2) is 21.0. The molecular weight excluding hydrogens is 841 g/mol. The molecule has 0 spiro atoms. The zero-order valence-electron chi connectivity index (χ0n) is 35.2. The van der Waals surface area contributed by atoms with Crippen LogP contribution in [0.1, 0.15) is 41.7 Å². The number of hydrogen-bond acceptors (Lipinski definition) is 15. The monoisotopic (exact) mass is 887 g/mol. The first kappa shape index (κ1) is 45.2. The number of morpholine rings is 1. The summed E-state index contributed by atoms with van der Waals surface area (Å²) in [5.41, 5.74) is 8.50. The lowest BCUT2D eigenvalue weighted by Crippen LogP contribution is -2.58. The van der Waals surface area contributed by atoms with E-state index in [1.165, 1.54) is 12.3 Å². The van der Waals surface area contributed by atoms with E-state index in [1.807, 2.05) is 42.5 Å². The molecule has 20 nitrogen and oxygen atoms in total. The zero-order valence-corrected chi connectivity index (χ0v) is 35.2. The molecule has 0 aliphatic carbocycles. The number of hydrogen-bond donors (Lipinski definition) is 6. The normalized spacial score (nSPS) is 13.7. The van der Waals surface area contributed by atoms with Crippen molar-refractivity contribution in [1.82, 2.24) is 40.4 Å². The van der Waals surface area contributed by atoms with Crippen molar-refractivity contribution in [3.05, 3.63) is 117 Å². The van der Waals surface area contributed by atoms with E-state index < -0.39 is 29.4 Å². The molecule has 7 rings (SSSR count). The summed E-state index contributed by atoms with van der Waals surface area (Å²) in [4.78, 5) is 103. The Morgan fingerprint density at radius 1 is 0.892 bits per heavy atom. The van der Waals surface area contributed by atoms with Gasteiger partial charge in [0, 0.05) is 42.7 Å². The minimum absolute atomic E-state index is 0.0433. The highest BCUT2D eigenvalue weighted by Gasteiger charge is 2.38. The highest BCUT2D eigenvalue weighted by molar-refractivity contribution is 5.96. The first-order valence-electron chi connectivity index (χ1n) is 20.9. The number of anilines is 2. The first-order chi connectivity index (χ1) is 31.5. The van der Waals surface area contributed by atoms with Crippen LogP contribution < -0.4 is 42.5 Å². The number of rotatable bonds is 19. The van der Waals surface area contributed by atoms with Crippen molar-refractivity contribution in [2.45, 2.75) is 38.3 Å². The predicted molar refractivity (Wildman–Crippen MR) is 239 cm³/mol. The number of aromatic amines is 1. The highest BCUT2D eigenvalue weighted by Crippen LogP contribution is 2.33. The lowest BCUT2D eigenvalue weighted by molar-refractivity contribution is -0.151. The number of aldehydes is 1. The number of nitrogens with one attached hydrogen (secondary N) is 5. The molecule has 0 radical (unpaired) electrons. The highest BCUT2D eigenvalue weighted by atomic mass is 16.6. The SMILES string of the molecule is Nc1nc2ncc(CNc3ccc(C(=O)NC(C=O)CCC(=O)NCCNC(=O)CCC(=O)OC[N+]4(c5cc(=O)c6cccc(-c7ccccc7)c6o5)CCOCC4)cc3)nc2c(=O)[nH]1. The molecule has 1 aliphatic rings. The second-order valence-corrected chi connectivity index (χ2v) is 15.2. The van der Waals surface area contributed by atoms with E-state index >= 15 is 0 Å². The Morgan fingerprint density at radius 2 is 1.63 bits per heavy atom. The van der Waals surface area contributed by atoms with Crippen molar-refractivity contribution in [3.63, 3.8) is 0 Å². The summed E-state index contributed by atoms with van der Waals surface area (Å²) >= 11 is 0. The van der Waals surface area contributed by atoms with E-state index in [0.29, 0.717) is 60.8 Å². The van der Waals surface area contributed by atoms with Gasteiger partial charge in [-0.05, 0) is 42.3 Å². The molecule has 3 aromatic carbocycles. The minimum atomic E-state index is -0.927. The molecule has 0 bridgehead atoms. The van der Waals surface area contributed by atoms with Gasteiger partial charge >= 0.3 is 11.9 Å². The number of benzene rings is 3. The van der Waals surface area contributed by atoms with Crippen LogP contribution in [0, 0.1) is 0 Å². The van der Waals surface area contributed by atoms with Crippen LogP contribution in [0.5, 0.6) is 0 Å². The summed E-state index contributed by atoms with van der Waals surface area (Å²) in [6.07, 6.45) is 1.64. The number of carbonyl (C=O) groups excluding carboxylic acids is 5. The summed E-state index contributed by atoms with van der Waals surface area (Å²) in [7, 11) is 0. The number of aromatic nitrogens is 4. The van der Waals surface area contributed by atoms with Gasteiger partial charge in [-0.2, -0.15) is 4.98 Å². The molecule has 1 fully saturated rings. The molecular formula is C45H47N10O10+. The number of esters is 1. The third kappa shape index (κ3) is 11.6. The molecule has 7 N–H and O–H groups in total. The van der Waals surface area contributed by atoms with Crippen LogP contribution in [-0.2, 0) is 35.2 Å². The summed E-state index contributed by atoms with van der Waals surface area (Å²) in [5.74, 6) is -1.64. The standard InChI is InChI=1S/C45H46N10O10/c46-45-53-42-40(44(62)54-45)51-32(25-50-42)24-49-30-11-9-29(10-12-30)43(61)52-31(26-56)13-14-36(58)47-17-18-48-37(59)15-16-39(60)64-27-55(19-21-63-22-20-55)38-23-35(57)34-8-4-7-33(41(34)65-38)28-5-2-1-3-6-28/h1-12,23,25-26,31H,13-22,24,27H2,(H6-,46,47,48,49,50,52,53,54,58,59,61,62)/p+1. The molecule has 3 aromatic heterocycles. The quantitative estimate of drug-likeness (QED) is 0.0295. The van der Waals surface area contributed by atoms with E-state index in [0.717, 1.165) is 11.1 Å². The van der Waals surface area contributed by atoms with Crippen LogP contribution in [0.2, 0.25) is 0 Å². The lowest BCUT2D eigenvalue weighted by Gasteiger charge is -2.37. The van der Waals surface area contributed by atoms with E-state index in [1.54, 1.807) is 30.3 Å². The Morgan fingerprint density at radius 3 is 2.37 bits per heavy atom. The Hall–Kier alpha value is -7.84. The van der Waals surface area contributed by atoms with Crippen LogP contribution in [0.3, 0.4) is 0 Å². The Bertz CT molecular complexity index is 2810. The van der Waals surface area contributed by atoms with Gasteiger partial charge in [0.15, 0.2) is 22.2 Å². The average Bonchev–Trinajstić information content (AvgIpc) is 3.32. The summed E-state index contributed by atoms with van der Waals surface area (Å²) in [6.45, 7) is 1.80. The van der Waals surface area contributed by atoms with Gasteiger partial charge < -0.3 is 45.7 Å². The average molecular weight is 888 g/mol. The van der Waals surface area contributed by atoms with Crippen molar-refractivity contribution in [3.8, 4) is 11.1 Å². The third-order valence-electron chi connectivity index (χ3n) is 10.7. The number of quaternary nitrogens is 1. The van der Waals surface area contributed by atoms with Crippen LogP contribution in [0.15, 0.2) is 99.1 Å². The van der Waals surface area contributed by atoms with Gasteiger partial charge in [0.1, 0.15) is 19.4 Å². The second-order valence-electron chi connectivity index (χ2n) is 15.2. The molecule has 0 saturated carbocycles. The van der Waals surface area contributed by atoms with Crippen molar-refractivity contribution < 1.29 is 37.9 Å². The fourth-order valence-corrected chi connectivity index (χ4v) is 7.11. The fraction of sp³-hybridized carbons (Fsp3) is 0.289. The summed E-state index contributed by atoms with van der Waals surface area (Å²) in [6, 6.07) is 22.0. The van der Waals surface area contributed by atoms with Gasteiger partial charge in [-0.15, -0.1) is 0 Å². The fourth-order valence-electron chi connectivity index (χ4n) is 7.11. The maximum Gasteiger partial charge on any atom is 0.310 e. The maximum absolute atomic E-state index is 13.3. The number of fused-ring (bicyclic) bond motifs is 2. The minimum Gasteiger partial charge on any atom is -0.414 e. The lowest BCUT2D eigenvalue weighted by atomic mass is 10.0. The van der Waals surface area contributed by atoms with Gasteiger partial charge in [-0.25, -0.2) is 14.5 Å². The molecule has 4 heterocycles. The van der Waals surface area contributed by atoms with Crippen molar-refractivity contribution in [2.24, 2.45) is 0 Å². The van der Waals surface area contributed by atoms with Crippen molar-refractivity contribution >= 4 is 69.6 Å². The number of para-hydroxylation sites is 1. The molecule has 336 valence electrons. The molecule has 6 aromatic rings. The number of amides is 3. The number of ether oxygens (including phenoxy) is 2. The van der Waals surface area contributed by atoms with Crippen LogP contribution in [-0.4, -0.2) is 102 Å². The van der Waals surface area contributed by atoms with E-state index in [4.69, 9.17) is 19.6 Å². The number of nitrogen functional groups attached to an aromatic ring is 1. The number of carbonyl (C=O) groups is 5. The molecule has 3 amide bonds. The predicted octanol–water partition coefficient (Wildman–Crippen LogP) is 2.31. The maximum atomic E-state index is 13.3. The number of nitrogens with two attached hydrogens (primary N) is 1. The van der Waals surface area contributed by atoms with Crippen LogP contribution >= 0.6 is 0 Å². The summed E-state index contributed by atoms with van der Waals surface area (Å²) < 4.78 is 17.8. The number of nitrogens with zero attached hydrogens (tertiary/aromatic N) is 4. The van der Waals surface area contributed by atoms with E-state index in [9.17, 15) is 33.6 Å². The van der Waals surface area contributed by atoms with Crippen molar-refractivity contribution in [2.75, 3.05) is 57.2 Å². The first-order valence-corrected chi connectivity index (χ1v) is 20.9. The topological polar surface area (TPSA) is 280 Å². The zero-order chi connectivity index (χ0) is 45.8. The Balaban J connectivity index is 0.801. The number of H-pyrrole nitrogens is 1. The van der Waals surface area contributed by atoms with Gasteiger partial charge in [0.25, 0.3) is 11.5 Å². The van der Waals surface area contributed by atoms with E-state index in [2.05, 4.69) is 41.2 Å². The molecule has 1 aliphatic heterocycles. The molecule has 1 unspecified atom stereocenters. The van der Waals surface area contributed by atoms with E-state index in [-0.39, 0.29) is 90.5 Å². The smallest absolute Gasteiger partial charge is 0.310 e. The van der Waals surface area contributed by atoms with Gasteiger partial charge in [0.05, 0.1) is 55.6 Å². The van der Waals surface area contributed by atoms with Crippen LogP contribution in [0.25, 0.3) is 33.3 Å². The molecule has 1 saturated heterocycles. The van der Waals surface area contributed by atoms with Gasteiger partial charge in [-0.3, -0.25) is 33.8 Å².